The number of hydrogen-bond acceptors (Lipinski definition) is 3. The first-order valence-electron chi connectivity index (χ1n) is 6.22. The summed E-state index contributed by atoms with van der Waals surface area (Å²) in [5, 5.41) is 0. The summed E-state index contributed by atoms with van der Waals surface area (Å²) in [6.45, 7) is 2.02. The van der Waals surface area contributed by atoms with Crippen molar-refractivity contribution in [2.75, 3.05) is 7.11 Å². The lowest BCUT2D eigenvalue weighted by molar-refractivity contribution is 0.0346. The third-order valence-corrected chi connectivity index (χ3v) is 3.22. The van der Waals surface area contributed by atoms with E-state index in [-0.39, 0.29) is 12.1 Å². The molecule has 0 aliphatic heterocycles. The summed E-state index contributed by atoms with van der Waals surface area (Å²) in [4.78, 5) is 12.0. The van der Waals surface area contributed by atoms with E-state index in [9.17, 15) is 4.79 Å². The van der Waals surface area contributed by atoms with Crippen LogP contribution < -0.4 is 4.74 Å². The molecule has 1 aliphatic rings. The van der Waals surface area contributed by atoms with Gasteiger partial charge in [0.2, 0.25) is 0 Å². The first-order chi connectivity index (χ1) is 8.70. The van der Waals surface area contributed by atoms with Gasteiger partial charge in [-0.15, -0.1) is 0 Å². The highest BCUT2D eigenvalue weighted by atomic mass is 16.5. The van der Waals surface area contributed by atoms with Crippen LogP contribution in [-0.2, 0) is 4.74 Å². The van der Waals surface area contributed by atoms with E-state index in [2.05, 4.69) is 6.08 Å². The van der Waals surface area contributed by atoms with E-state index in [0.717, 1.165) is 30.6 Å². The number of allylic oxidation sites excluding steroid dienone is 1. The molecule has 0 radical (unpaired) electrons. The average Bonchev–Trinajstić information content (AvgIpc) is 2.41. The van der Waals surface area contributed by atoms with Gasteiger partial charge in [-0.3, -0.25) is 0 Å². The van der Waals surface area contributed by atoms with Crippen LogP contribution in [0.4, 0.5) is 0 Å². The lowest BCUT2D eigenvalue weighted by Gasteiger charge is -2.22. The van der Waals surface area contributed by atoms with E-state index in [1.807, 2.05) is 6.92 Å². The Morgan fingerprint density at radius 2 is 2.00 bits per heavy atom. The van der Waals surface area contributed by atoms with Crippen molar-refractivity contribution in [2.24, 2.45) is 0 Å². The minimum atomic E-state index is -0.266. The fraction of sp³-hybridized carbons (Fsp3) is 0.400. The molecule has 2 rings (SSSR count). The monoisotopic (exact) mass is 246 g/mol. The molecule has 1 unspecified atom stereocenters. The summed E-state index contributed by atoms with van der Waals surface area (Å²) >= 11 is 0. The number of benzene rings is 1. The number of hydrogen-bond donors (Lipinski definition) is 0. The second kappa shape index (κ2) is 5.71. The van der Waals surface area contributed by atoms with E-state index >= 15 is 0 Å². The second-order valence-electron chi connectivity index (χ2n) is 4.50. The molecule has 3 heteroatoms. The van der Waals surface area contributed by atoms with Gasteiger partial charge in [-0.2, -0.15) is 0 Å². The Bertz CT molecular complexity index is 445. The highest BCUT2D eigenvalue weighted by molar-refractivity contribution is 5.89. The lowest BCUT2D eigenvalue weighted by Crippen LogP contribution is -2.21. The molecule has 0 amide bonds. The molecule has 3 nitrogen and oxygen atoms in total. The Labute approximate surface area is 107 Å². The van der Waals surface area contributed by atoms with Crippen molar-refractivity contribution in [2.45, 2.75) is 32.3 Å². The third kappa shape index (κ3) is 2.92. The third-order valence-electron chi connectivity index (χ3n) is 3.22. The van der Waals surface area contributed by atoms with E-state index < -0.39 is 0 Å². The normalized spacial score (nSPS) is 19.0. The zero-order valence-corrected chi connectivity index (χ0v) is 10.8. The molecule has 0 saturated carbocycles. The summed E-state index contributed by atoms with van der Waals surface area (Å²) in [5.41, 5.74) is 1.72. The second-order valence-corrected chi connectivity index (χ2v) is 4.50. The van der Waals surface area contributed by atoms with Crippen LogP contribution in [0, 0.1) is 0 Å². The van der Waals surface area contributed by atoms with Crippen LogP contribution in [0.3, 0.4) is 0 Å². The molecule has 1 aromatic carbocycles. The maximum atomic E-state index is 12.0. The molecule has 0 fully saturated rings. The van der Waals surface area contributed by atoms with Gasteiger partial charge in [0.25, 0.3) is 0 Å². The predicted octanol–water partition coefficient (Wildman–Crippen LogP) is 3.35. The Hall–Kier alpha value is -1.77. The van der Waals surface area contributed by atoms with Gasteiger partial charge in [0.05, 0.1) is 12.7 Å². The van der Waals surface area contributed by atoms with E-state index in [1.54, 1.807) is 31.4 Å². The largest absolute Gasteiger partial charge is 0.497 e. The maximum absolute atomic E-state index is 12.0. The maximum Gasteiger partial charge on any atom is 0.338 e. The predicted molar refractivity (Wildman–Crippen MR) is 69.8 cm³/mol. The van der Waals surface area contributed by atoms with Gasteiger partial charge >= 0.3 is 5.97 Å². The quantitative estimate of drug-likeness (QED) is 0.606. The summed E-state index contributed by atoms with van der Waals surface area (Å²) in [6.07, 6.45) is 5.17. The highest BCUT2D eigenvalue weighted by Crippen LogP contribution is 2.22. The van der Waals surface area contributed by atoms with Crippen LogP contribution in [0.1, 0.15) is 36.5 Å². The van der Waals surface area contributed by atoms with Crippen molar-refractivity contribution in [1.82, 2.24) is 0 Å². The van der Waals surface area contributed by atoms with Crippen LogP contribution in [0.15, 0.2) is 35.9 Å². The van der Waals surface area contributed by atoms with E-state index in [4.69, 9.17) is 9.47 Å². The van der Waals surface area contributed by atoms with Gasteiger partial charge in [-0.25, -0.2) is 4.79 Å². The van der Waals surface area contributed by atoms with Crippen LogP contribution >= 0.6 is 0 Å². The van der Waals surface area contributed by atoms with Crippen molar-refractivity contribution in [3.05, 3.63) is 41.5 Å². The van der Waals surface area contributed by atoms with Crippen molar-refractivity contribution < 1.29 is 14.3 Å². The van der Waals surface area contributed by atoms with Crippen LogP contribution in [0.5, 0.6) is 5.75 Å². The standard InChI is InChI=1S/C15H18O3/c1-11-5-3-4-6-14(11)18-15(16)12-7-9-13(17-2)10-8-12/h5,7-10,14H,3-4,6H2,1-2H3. The number of carbonyl (C=O) groups excluding carboxylic acids is 1. The number of carbonyl (C=O) groups is 1. The Kier molecular flexibility index (Phi) is 4.03. The molecular formula is C15H18O3. The first kappa shape index (κ1) is 12.7. The number of methoxy groups -OCH3 is 1. The molecule has 0 aromatic heterocycles. The van der Waals surface area contributed by atoms with E-state index in [0.29, 0.717) is 5.56 Å². The van der Waals surface area contributed by atoms with Gasteiger partial charge in [-0.1, -0.05) is 6.08 Å². The first-order valence-corrected chi connectivity index (χ1v) is 6.22. The molecule has 1 atom stereocenters. The zero-order chi connectivity index (χ0) is 13.0. The number of ether oxygens (including phenoxy) is 2. The highest BCUT2D eigenvalue weighted by Gasteiger charge is 2.19. The van der Waals surface area contributed by atoms with Gasteiger partial charge in [-0.05, 0) is 56.0 Å². The van der Waals surface area contributed by atoms with E-state index in [1.165, 1.54) is 0 Å². The van der Waals surface area contributed by atoms with Crippen molar-refractivity contribution in [3.8, 4) is 5.75 Å². The van der Waals surface area contributed by atoms with Crippen molar-refractivity contribution in [3.63, 3.8) is 0 Å². The summed E-state index contributed by atoms with van der Waals surface area (Å²) in [5.74, 6) is 0.470. The Morgan fingerprint density at radius 3 is 2.61 bits per heavy atom. The Morgan fingerprint density at radius 1 is 1.28 bits per heavy atom. The summed E-state index contributed by atoms with van der Waals surface area (Å²) in [6, 6.07) is 6.98. The van der Waals surface area contributed by atoms with Crippen LogP contribution in [0.25, 0.3) is 0 Å². The molecule has 1 aromatic rings. The zero-order valence-electron chi connectivity index (χ0n) is 10.8. The fourth-order valence-corrected chi connectivity index (χ4v) is 2.07. The number of rotatable bonds is 3. The molecule has 0 saturated heterocycles. The van der Waals surface area contributed by atoms with Gasteiger partial charge in [0, 0.05) is 0 Å². The molecular weight excluding hydrogens is 228 g/mol. The molecule has 0 spiro atoms. The molecule has 1 aliphatic carbocycles. The van der Waals surface area contributed by atoms with Crippen LogP contribution in [-0.4, -0.2) is 19.2 Å². The molecule has 0 heterocycles. The SMILES string of the molecule is COc1ccc(C(=O)OC2CCCC=C2C)cc1. The topological polar surface area (TPSA) is 35.5 Å². The van der Waals surface area contributed by atoms with Gasteiger partial charge in [0.15, 0.2) is 0 Å². The number of esters is 1. The summed E-state index contributed by atoms with van der Waals surface area (Å²) < 4.78 is 10.6. The van der Waals surface area contributed by atoms with Crippen molar-refractivity contribution >= 4 is 5.97 Å². The minimum Gasteiger partial charge on any atom is -0.497 e. The summed E-state index contributed by atoms with van der Waals surface area (Å²) in [7, 11) is 1.60. The van der Waals surface area contributed by atoms with Gasteiger partial charge in [0.1, 0.15) is 11.9 Å². The minimum absolute atomic E-state index is 0.0617. The fourth-order valence-electron chi connectivity index (χ4n) is 2.07. The van der Waals surface area contributed by atoms with Crippen molar-refractivity contribution in [1.29, 1.82) is 0 Å². The van der Waals surface area contributed by atoms with Gasteiger partial charge < -0.3 is 9.47 Å². The molecule has 0 bridgehead atoms. The molecule has 0 N–H and O–H groups in total. The smallest absolute Gasteiger partial charge is 0.338 e. The molecule has 18 heavy (non-hydrogen) atoms. The Balaban J connectivity index is 2.02. The average molecular weight is 246 g/mol. The van der Waals surface area contributed by atoms with Crippen LogP contribution in [0.2, 0.25) is 0 Å². The molecule has 96 valence electrons. The lowest BCUT2D eigenvalue weighted by atomic mass is 9.98.